The molecule has 1 aliphatic heterocycles. The van der Waals surface area contributed by atoms with Crippen LogP contribution in [-0.4, -0.2) is 42.1 Å². The molecule has 1 aromatic rings. The Morgan fingerprint density at radius 3 is 2.71 bits per heavy atom. The maximum absolute atomic E-state index is 12.4. The first-order chi connectivity index (χ1) is 13.2. The summed E-state index contributed by atoms with van der Waals surface area (Å²) in [6, 6.07) is 5.62. The van der Waals surface area contributed by atoms with Crippen LogP contribution in [0.15, 0.2) is 18.2 Å². The van der Waals surface area contributed by atoms with Crippen LogP contribution < -0.4 is 5.32 Å². The molecule has 2 rings (SSSR count). The second-order valence-corrected chi connectivity index (χ2v) is 8.56. The Hall–Kier alpha value is -1.90. The summed E-state index contributed by atoms with van der Waals surface area (Å²) in [5.41, 5.74) is 0.548. The monoisotopic (exact) mass is 424 g/mol. The molecule has 1 fully saturated rings. The van der Waals surface area contributed by atoms with Crippen molar-refractivity contribution in [2.45, 2.75) is 51.6 Å². The smallest absolute Gasteiger partial charge is 0.407 e. The number of halogens is 2. The van der Waals surface area contributed by atoms with Gasteiger partial charge in [-0.05, 0) is 57.2 Å². The summed E-state index contributed by atoms with van der Waals surface area (Å²) in [5.74, 6) is 5.52. The normalized spacial score (nSPS) is 16.8. The van der Waals surface area contributed by atoms with Gasteiger partial charge in [0.15, 0.2) is 0 Å². The molecule has 7 heteroatoms. The third kappa shape index (κ3) is 7.26. The third-order valence-corrected chi connectivity index (χ3v) is 4.98. The Balaban J connectivity index is 1.82. The van der Waals surface area contributed by atoms with Crippen molar-refractivity contribution in [2.75, 3.05) is 19.6 Å². The van der Waals surface area contributed by atoms with Gasteiger partial charge in [0.05, 0.1) is 10.0 Å². The summed E-state index contributed by atoms with van der Waals surface area (Å²) in [4.78, 5) is 25.7. The zero-order chi connectivity index (χ0) is 20.7. The Morgan fingerprint density at radius 1 is 1.29 bits per heavy atom. The number of nitrogens with one attached hydrogen (secondary N) is 1. The van der Waals surface area contributed by atoms with Gasteiger partial charge >= 0.3 is 6.09 Å². The maximum Gasteiger partial charge on any atom is 0.407 e. The number of likely N-dealkylation sites (tertiary alicyclic amines) is 1. The zero-order valence-corrected chi connectivity index (χ0v) is 18.0. The highest BCUT2D eigenvalue weighted by atomic mass is 35.5. The largest absolute Gasteiger partial charge is 0.444 e. The van der Waals surface area contributed by atoms with Crippen molar-refractivity contribution in [3.63, 3.8) is 0 Å². The van der Waals surface area contributed by atoms with Crippen molar-refractivity contribution >= 4 is 35.2 Å². The molecular weight excluding hydrogens is 399 g/mol. The van der Waals surface area contributed by atoms with Gasteiger partial charge < -0.3 is 15.0 Å². The van der Waals surface area contributed by atoms with E-state index in [2.05, 4.69) is 17.2 Å². The van der Waals surface area contributed by atoms with Gasteiger partial charge in [0.25, 0.3) is 5.91 Å². The number of carbonyl (C=O) groups is 2. The van der Waals surface area contributed by atoms with Crippen LogP contribution in [0.1, 0.15) is 51.5 Å². The number of carbonyl (C=O) groups excluding carboxylic acids is 2. The van der Waals surface area contributed by atoms with Gasteiger partial charge in [-0.2, -0.15) is 0 Å². The molecule has 1 unspecified atom stereocenters. The number of nitrogens with zero attached hydrogens (tertiary/aromatic N) is 1. The fourth-order valence-corrected chi connectivity index (χ4v) is 3.26. The molecule has 0 aliphatic carbocycles. The first-order valence-corrected chi connectivity index (χ1v) is 10.1. The van der Waals surface area contributed by atoms with Crippen LogP contribution in [0.5, 0.6) is 0 Å². The number of alkyl carbamates (subject to hydrolysis) is 1. The molecule has 1 atom stereocenters. The van der Waals surface area contributed by atoms with Crippen LogP contribution in [0.3, 0.4) is 0 Å². The second-order valence-electron chi connectivity index (χ2n) is 7.74. The quantitative estimate of drug-likeness (QED) is 0.568. The van der Waals surface area contributed by atoms with Crippen molar-refractivity contribution in [2.24, 2.45) is 0 Å². The number of rotatable bonds is 3. The number of hydrogen-bond donors (Lipinski definition) is 1. The Morgan fingerprint density at radius 2 is 2.04 bits per heavy atom. The van der Waals surface area contributed by atoms with E-state index in [0.717, 1.165) is 18.4 Å². The Kier molecular flexibility index (Phi) is 8.03. The van der Waals surface area contributed by atoms with Gasteiger partial charge in [-0.15, -0.1) is 0 Å². The van der Waals surface area contributed by atoms with Gasteiger partial charge in [0, 0.05) is 32.0 Å². The van der Waals surface area contributed by atoms with Gasteiger partial charge in [0.1, 0.15) is 5.60 Å². The first kappa shape index (κ1) is 22.4. The first-order valence-electron chi connectivity index (χ1n) is 9.35. The van der Waals surface area contributed by atoms with E-state index in [4.69, 9.17) is 27.9 Å². The minimum absolute atomic E-state index is 0.193. The number of amides is 2. The SMILES string of the molecule is CC(C)(C)OC(=O)NCCC#CC(=O)N1CCCC(c2ccc(Cl)c(Cl)c2)C1. The van der Waals surface area contributed by atoms with Crippen molar-refractivity contribution in [3.8, 4) is 11.8 Å². The highest BCUT2D eigenvalue weighted by Gasteiger charge is 2.24. The fourth-order valence-electron chi connectivity index (χ4n) is 2.96. The predicted octanol–water partition coefficient (Wildman–Crippen LogP) is 4.62. The van der Waals surface area contributed by atoms with Crippen LogP contribution >= 0.6 is 23.2 Å². The lowest BCUT2D eigenvalue weighted by atomic mass is 9.90. The molecule has 5 nitrogen and oxygen atoms in total. The average Bonchev–Trinajstić information content (AvgIpc) is 2.62. The van der Waals surface area contributed by atoms with E-state index in [0.29, 0.717) is 36.1 Å². The van der Waals surface area contributed by atoms with E-state index in [1.165, 1.54) is 0 Å². The van der Waals surface area contributed by atoms with Crippen molar-refractivity contribution in [1.82, 2.24) is 10.2 Å². The summed E-state index contributed by atoms with van der Waals surface area (Å²) in [5, 5.41) is 3.67. The molecular formula is C21H26Cl2N2O3. The highest BCUT2D eigenvalue weighted by molar-refractivity contribution is 6.42. The van der Waals surface area contributed by atoms with E-state index >= 15 is 0 Å². The van der Waals surface area contributed by atoms with E-state index < -0.39 is 11.7 Å². The minimum atomic E-state index is -0.537. The molecule has 1 N–H and O–H groups in total. The standard InChI is InChI=1S/C21H26Cl2N2O3/c1-21(2,3)28-20(27)24-11-5-4-8-19(26)25-12-6-7-16(14-25)15-9-10-17(22)18(23)13-15/h9-10,13,16H,5-7,11-12,14H2,1-3H3,(H,24,27). The molecule has 1 aromatic carbocycles. The molecule has 152 valence electrons. The molecule has 0 bridgehead atoms. The maximum atomic E-state index is 12.4. The molecule has 1 aliphatic rings. The summed E-state index contributed by atoms with van der Waals surface area (Å²) < 4.78 is 5.14. The van der Waals surface area contributed by atoms with E-state index in [9.17, 15) is 9.59 Å². The molecule has 0 spiro atoms. The minimum Gasteiger partial charge on any atom is -0.444 e. The van der Waals surface area contributed by atoms with Crippen LogP contribution in [0.4, 0.5) is 4.79 Å². The zero-order valence-electron chi connectivity index (χ0n) is 16.5. The summed E-state index contributed by atoms with van der Waals surface area (Å²) >= 11 is 12.1. The molecule has 28 heavy (non-hydrogen) atoms. The number of benzene rings is 1. The van der Waals surface area contributed by atoms with Crippen molar-refractivity contribution in [1.29, 1.82) is 0 Å². The third-order valence-electron chi connectivity index (χ3n) is 4.24. The van der Waals surface area contributed by atoms with Crippen LogP contribution in [0, 0.1) is 11.8 Å². The van der Waals surface area contributed by atoms with E-state index in [1.807, 2.05) is 12.1 Å². The van der Waals surface area contributed by atoms with Gasteiger partial charge in [-0.1, -0.05) is 35.2 Å². The van der Waals surface area contributed by atoms with E-state index in [1.54, 1.807) is 31.7 Å². The highest BCUT2D eigenvalue weighted by Crippen LogP contribution is 2.31. The van der Waals surface area contributed by atoms with Crippen molar-refractivity contribution in [3.05, 3.63) is 33.8 Å². The number of hydrogen-bond acceptors (Lipinski definition) is 3. The lowest BCUT2D eigenvalue weighted by molar-refractivity contribution is -0.126. The fraction of sp³-hybridized carbons (Fsp3) is 0.524. The number of piperidine rings is 1. The Bertz CT molecular complexity index is 778. The van der Waals surface area contributed by atoms with Gasteiger partial charge in [-0.3, -0.25) is 4.79 Å². The summed E-state index contributed by atoms with van der Waals surface area (Å²) in [6.45, 7) is 7.04. The molecule has 2 amide bonds. The average molecular weight is 425 g/mol. The second kappa shape index (κ2) is 10.0. The topological polar surface area (TPSA) is 58.6 Å². The Labute approximate surface area is 176 Å². The lowest BCUT2D eigenvalue weighted by Crippen LogP contribution is -2.38. The van der Waals surface area contributed by atoms with E-state index in [-0.39, 0.29) is 11.8 Å². The molecule has 0 saturated carbocycles. The molecule has 0 aromatic heterocycles. The molecule has 1 heterocycles. The van der Waals surface area contributed by atoms with Gasteiger partial charge in [-0.25, -0.2) is 4.79 Å². The molecule has 0 radical (unpaired) electrons. The van der Waals surface area contributed by atoms with Crippen LogP contribution in [0.25, 0.3) is 0 Å². The van der Waals surface area contributed by atoms with Crippen LogP contribution in [-0.2, 0) is 9.53 Å². The summed E-state index contributed by atoms with van der Waals surface area (Å²) in [6.07, 6.45) is 1.81. The number of ether oxygens (including phenoxy) is 1. The van der Waals surface area contributed by atoms with Crippen LogP contribution in [0.2, 0.25) is 10.0 Å². The predicted molar refractivity (Wildman–Crippen MR) is 112 cm³/mol. The summed E-state index contributed by atoms with van der Waals surface area (Å²) in [7, 11) is 0. The molecule has 1 saturated heterocycles. The van der Waals surface area contributed by atoms with Crippen molar-refractivity contribution < 1.29 is 14.3 Å². The van der Waals surface area contributed by atoms with Gasteiger partial charge in [0.2, 0.25) is 0 Å². The lowest BCUT2D eigenvalue weighted by Gasteiger charge is -2.31.